The van der Waals surface area contributed by atoms with Crippen LogP contribution in [0.3, 0.4) is 0 Å². The minimum absolute atomic E-state index is 0.0830. The van der Waals surface area contributed by atoms with Gasteiger partial charge in [0.2, 0.25) is 0 Å². The van der Waals surface area contributed by atoms with Crippen LogP contribution in [0, 0.1) is 17.8 Å². The SMILES string of the molecule is Cc1c(COO)ccc2c1C(C)(C)C(C)(C)C(C)(C)C2. The molecule has 0 aromatic heterocycles. The summed E-state index contributed by atoms with van der Waals surface area (Å²) in [6, 6.07) is 4.31. The summed E-state index contributed by atoms with van der Waals surface area (Å²) in [6.45, 7) is 16.6. The maximum atomic E-state index is 8.76. The number of rotatable bonds is 2. The van der Waals surface area contributed by atoms with Crippen LogP contribution in [-0.4, -0.2) is 5.26 Å². The molecule has 20 heavy (non-hydrogen) atoms. The molecule has 0 amide bonds. The van der Waals surface area contributed by atoms with Gasteiger partial charge >= 0.3 is 0 Å². The summed E-state index contributed by atoms with van der Waals surface area (Å²) < 4.78 is 0. The fourth-order valence-corrected chi connectivity index (χ4v) is 3.91. The summed E-state index contributed by atoms with van der Waals surface area (Å²) in [5, 5.41) is 8.76. The smallest absolute Gasteiger partial charge is 0.107 e. The highest BCUT2D eigenvalue weighted by Gasteiger charge is 2.53. The van der Waals surface area contributed by atoms with Crippen LogP contribution in [0.4, 0.5) is 0 Å². The van der Waals surface area contributed by atoms with Crippen LogP contribution in [-0.2, 0) is 23.3 Å². The molecule has 2 nitrogen and oxygen atoms in total. The van der Waals surface area contributed by atoms with Gasteiger partial charge in [-0.25, -0.2) is 4.89 Å². The van der Waals surface area contributed by atoms with E-state index in [9.17, 15) is 0 Å². The third kappa shape index (κ3) is 1.93. The van der Waals surface area contributed by atoms with Gasteiger partial charge in [-0.05, 0) is 51.8 Å². The van der Waals surface area contributed by atoms with Crippen molar-refractivity contribution >= 4 is 0 Å². The zero-order valence-corrected chi connectivity index (χ0v) is 13.9. The van der Waals surface area contributed by atoms with Crippen molar-refractivity contribution in [2.45, 2.75) is 66.9 Å². The average molecular weight is 276 g/mol. The predicted octanol–water partition coefficient (Wildman–Crippen LogP) is 4.87. The summed E-state index contributed by atoms with van der Waals surface area (Å²) in [5.74, 6) is 0. The third-order valence-corrected chi connectivity index (χ3v) is 6.40. The van der Waals surface area contributed by atoms with Gasteiger partial charge in [0.15, 0.2) is 0 Å². The monoisotopic (exact) mass is 276 g/mol. The molecule has 0 aliphatic heterocycles. The Morgan fingerprint density at radius 1 is 1.10 bits per heavy atom. The first-order valence-corrected chi connectivity index (χ1v) is 7.44. The normalized spacial score (nSPS) is 22.4. The van der Waals surface area contributed by atoms with Crippen LogP contribution in [0.5, 0.6) is 0 Å². The molecule has 0 saturated heterocycles. The van der Waals surface area contributed by atoms with Crippen LogP contribution in [0.15, 0.2) is 12.1 Å². The number of benzene rings is 1. The lowest BCUT2D eigenvalue weighted by atomic mass is 9.47. The number of hydrogen-bond acceptors (Lipinski definition) is 2. The lowest BCUT2D eigenvalue weighted by Crippen LogP contribution is -2.52. The molecule has 112 valence electrons. The number of fused-ring (bicyclic) bond motifs is 1. The summed E-state index contributed by atoms with van der Waals surface area (Å²) in [7, 11) is 0. The highest BCUT2D eigenvalue weighted by atomic mass is 17.1. The minimum Gasteiger partial charge on any atom is -0.251 e. The second-order valence-corrected chi connectivity index (χ2v) is 7.97. The van der Waals surface area contributed by atoms with Gasteiger partial charge in [0.05, 0.1) is 0 Å². The summed E-state index contributed by atoms with van der Waals surface area (Å²) in [5.41, 5.74) is 5.76. The van der Waals surface area contributed by atoms with Crippen molar-refractivity contribution in [2.24, 2.45) is 10.8 Å². The first kappa shape index (κ1) is 15.5. The van der Waals surface area contributed by atoms with E-state index in [1.54, 1.807) is 0 Å². The largest absolute Gasteiger partial charge is 0.251 e. The Labute approximate surface area is 123 Å². The van der Waals surface area contributed by atoms with Gasteiger partial charge in [-0.15, -0.1) is 0 Å². The minimum atomic E-state index is 0.0830. The zero-order chi connectivity index (χ0) is 15.3. The van der Waals surface area contributed by atoms with Crippen molar-refractivity contribution in [3.05, 3.63) is 34.4 Å². The molecule has 2 heteroatoms. The molecule has 2 rings (SSSR count). The molecular formula is C18H28O2. The maximum Gasteiger partial charge on any atom is 0.107 e. The Bertz CT molecular complexity index is 524. The molecule has 0 atom stereocenters. The molecule has 0 saturated carbocycles. The van der Waals surface area contributed by atoms with E-state index in [0.717, 1.165) is 12.0 Å². The van der Waals surface area contributed by atoms with Crippen molar-refractivity contribution < 1.29 is 10.1 Å². The van der Waals surface area contributed by atoms with E-state index in [2.05, 4.69) is 65.5 Å². The molecule has 0 unspecified atom stereocenters. The molecule has 0 radical (unpaired) electrons. The zero-order valence-electron chi connectivity index (χ0n) is 13.9. The van der Waals surface area contributed by atoms with Crippen molar-refractivity contribution in [3.8, 4) is 0 Å². The quantitative estimate of drug-likeness (QED) is 0.617. The molecule has 1 aromatic carbocycles. The molecule has 0 fully saturated rings. The Morgan fingerprint density at radius 2 is 1.70 bits per heavy atom. The Hall–Kier alpha value is -0.860. The first-order valence-electron chi connectivity index (χ1n) is 7.44. The second kappa shape index (κ2) is 4.57. The topological polar surface area (TPSA) is 29.5 Å². The summed E-state index contributed by atoms with van der Waals surface area (Å²) >= 11 is 0. The van der Waals surface area contributed by atoms with E-state index >= 15 is 0 Å². The van der Waals surface area contributed by atoms with Gasteiger partial charge < -0.3 is 0 Å². The Balaban J connectivity index is 2.70. The Kier molecular flexibility index (Phi) is 3.55. The van der Waals surface area contributed by atoms with E-state index in [1.165, 1.54) is 16.7 Å². The van der Waals surface area contributed by atoms with Crippen molar-refractivity contribution in [1.29, 1.82) is 0 Å². The maximum absolute atomic E-state index is 8.76. The van der Waals surface area contributed by atoms with Gasteiger partial charge in [-0.2, -0.15) is 0 Å². The predicted molar refractivity (Wildman–Crippen MR) is 82.9 cm³/mol. The fraction of sp³-hybridized carbons (Fsp3) is 0.667. The Morgan fingerprint density at radius 3 is 2.25 bits per heavy atom. The van der Waals surface area contributed by atoms with E-state index < -0.39 is 0 Å². The summed E-state index contributed by atoms with van der Waals surface area (Å²) in [4.78, 5) is 4.36. The molecule has 1 aromatic rings. The molecule has 0 spiro atoms. The lowest BCUT2D eigenvalue weighted by molar-refractivity contribution is -0.253. The van der Waals surface area contributed by atoms with E-state index in [4.69, 9.17) is 5.26 Å². The van der Waals surface area contributed by atoms with Gasteiger partial charge in [-0.1, -0.05) is 53.7 Å². The van der Waals surface area contributed by atoms with Crippen molar-refractivity contribution in [2.75, 3.05) is 0 Å². The van der Waals surface area contributed by atoms with E-state index in [1.807, 2.05) is 0 Å². The van der Waals surface area contributed by atoms with Crippen molar-refractivity contribution in [3.63, 3.8) is 0 Å². The van der Waals surface area contributed by atoms with E-state index in [0.29, 0.717) is 0 Å². The standard InChI is InChI=1S/C18H28O2/c1-12-14(11-20-19)9-8-13-10-16(2,3)18(6,7)17(4,5)15(12)13/h8-9,19H,10-11H2,1-7H3. The fourth-order valence-electron chi connectivity index (χ4n) is 3.91. The van der Waals surface area contributed by atoms with Gasteiger partial charge in [0.1, 0.15) is 6.61 Å². The third-order valence-electron chi connectivity index (χ3n) is 6.40. The van der Waals surface area contributed by atoms with Gasteiger partial charge in [-0.3, -0.25) is 5.26 Å². The van der Waals surface area contributed by atoms with E-state index in [-0.39, 0.29) is 22.9 Å². The molecule has 1 aliphatic carbocycles. The highest BCUT2D eigenvalue weighted by molar-refractivity contribution is 5.48. The molecule has 0 bridgehead atoms. The molecular weight excluding hydrogens is 248 g/mol. The van der Waals surface area contributed by atoms with Crippen molar-refractivity contribution in [1.82, 2.24) is 0 Å². The van der Waals surface area contributed by atoms with Crippen LogP contribution in [0.25, 0.3) is 0 Å². The first-order chi connectivity index (χ1) is 9.06. The van der Waals surface area contributed by atoms with Crippen LogP contribution in [0.2, 0.25) is 0 Å². The van der Waals surface area contributed by atoms with Gasteiger partial charge in [0, 0.05) is 0 Å². The average Bonchev–Trinajstić information content (AvgIpc) is 2.30. The van der Waals surface area contributed by atoms with Gasteiger partial charge in [0.25, 0.3) is 0 Å². The van der Waals surface area contributed by atoms with Crippen LogP contribution in [0.1, 0.15) is 63.8 Å². The second-order valence-electron chi connectivity index (χ2n) is 7.97. The summed E-state index contributed by atoms with van der Waals surface area (Å²) in [6.07, 6.45) is 1.10. The molecule has 1 aliphatic rings. The number of hydrogen-bond donors (Lipinski definition) is 1. The molecule has 0 heterocycles. The van der Waals surface area contributed by atoms with Crippen LogP contribution >= 0.6 is 0 Å². The highest BCUT2D eigenvalue weighted by Crippen LogP contribution is 2.59. The lowest BCUT2D eigenvalue weighted by Gasteiger charge is -2.57. The van der Waals surface area contributed by atoms with Crippen LogP contribution < -0.4 is 0 Å². The molecule has 1 N–H and O–H groups in total.